The maximum absolute atomic E-state index is 13.6. The van der Waals surface area contributed by atoms with E-state index in [0.29, 0.717) is 28.1 Å². The topological polar surface area (TPSA) is 108 Å². The van der Waals surface area contributed by atoms with Gasteiger partial charge in [-0.15, -0.1) is 0 Å². The second kappa shape index (κ2) is 11.0. The first kappa shape index (κ1) is 26.3. The van der Waals surface area contributed by atoms with E-state index >= 15 is 0 Å². The molecule has 8 heteroatoms. The zero-order valence-corrected chi connectivity index (χ0v) is 20.6. The van der Waals surface area contributed by atoms with Crippen molar-refractivity contribution in [1.29, 1.82) is 0 Å². The van der Waals surface area contributed by atoms with E-state index in [4.69, 9.17) is 10.1 Å². The number of hydrogen-bond donors (Lipinski definition) is 3. The summed E-state index contributed by atoms with van der Waals surface area (Å²) in [5.74, 6) is 1.02. The van der Waals surface area contributed by atoms with Gasteiger partial charge in [-0.25, -0.2) is 4.39 Å². The maximum atomic E-state index is 13.6. The van der Waals surface area contributed by atoms with Crippen LogP contribution in [-0.2, 0) is 9.36 Å². The van der Waals surface area contributed by atoms with Crippen molar-refractivity contribution in [3.8, 4) is 34.0 Å². The number of rotatable bonds is 7. The Morgan fingerprint density at radius 2 is 1.77 bits per heavy atom. The van der Waals surface area contributed by atoms with Crippen LogP contribution in [0.4, 0.5) is 4.39 Å². The molecule has 35 heavy (non-hydrogen) atoms. The van der Waals surface area contributed by atoms with Gasteiger partial charge in [0.05, 0.1) is 35.6 Å². The van der Waals surface area contributed by atoms with Crippen LogP contribution in [0.5, 0.6) is 0 Å². The average molecular weight is 495 g/mol. The normalized spacial score (nSPS) is 13.6. The Labute approximate surface area is 203 Å². The zero-order valence-electron chi connectivity index (χ0n) is 19.7. The van der Waals surface area contributed by atoms with Crippen molar-refractivity contribution in [3.05, 3.63) is 77.2 Å². The van der Waals surface area contributed by atoms with Crippen molar-refractivity contribution in [3.63, 3.8) is 0 Å². The van der Waals surface area contributed by atoms with Gasteiger partial charge in [-0.3, -0.25) is 14.3 Å². The van der Waals surface area contributed by atoms with E-state index in [-0.39, 0.29) is 5.92 Å². The SMILES string of the molecule is Cc1ccccc1-c1cc(-c2ccc(F)cc2)c(C#CP(=O)(O)CC(O)CC(=O)O)c(C(C)C)n1. The van der Waals surface area contributed by atoms with Crippen molar-refractivity contribution in [2.24, 2.45) is 0 Å². The first-order chi connectivity index (χ1) is 16.5. The van der Waals surface area contributed by atoms with E-state index in [1.807, 2.05) is 51.1 Å². The Morgan fingerprint density at radius 1 is 1.11 bits per heavy atom. The highest BCUT2D eigenvalue weighted by atomic mass is 31.2. The molecule has 0 aliphatic heterocycles. The van der Waals surface area contributed by atoms with Gasteiger partial charge in [-0.2, -0.15) is 0 Å². The molecule has 2 atom stereocenters. The van der Waals surface area contributed by atoms with Crippen molar-refractivity contribution in [2.45, 2.75) is 39.2 Å². The predicted molar refractivity (Wildman–Crippen MR) is 134 cm³/mol. The number of carboxylic acids is 1. The van der Waals surface area contributed by atoms with Crippen LogP contribution in [0, 0.1) is 24.3 Å². The minimum Gasteiger partial charge on any atom is -0.481 e. The summed E-state index contributed by atoms with van der Waals surface area (Å²) in [6.45, 7) is 5.83. The largest absolute Gasteiger partial charge is 0.481 e. The molecule has 0 spiro atoms. The number of carbonyl (C=O) groups is 1. The first-order valence-electron chi connectivity index (χ1n) is 11.1. The van der Waals surface area contributed by atoms with E-state index in [1.54, 1.807) is 12.1 Å². The monoisotopic (exact) mass is 495 g/mol. The van der Waals surface area contributed by atoms with Gasteiger partial charge in [-0.1, -0.05) is 56.2 Å². The van der Waals surface area contributed by atoms with Crippen molar-refractivity contribution >= 4 is 13.3 Å². The number of nitrogens with zero attached hydrogens (tertiary/aromatic N) is 1. The maximum Gasteiger partial charge on any atom is 0.305 e. The van der Waals surface area contributed by atoms with Crippen LogP contribution in [-0.4, -0.2) is 38.3 Å². The summed E-state index contributed by atoms with van der Waals surface area (Å²) in [5.41, 5.74) is 7.30. The molecule has 0 aliphatic carbocycles. The van der Waals surface area contributed by atoms with Gasteiger partial charge in [0.15, 0.2) is 0 Å². The number of hydrogen-bond acceptors (Lipinski definition) is 4. The molecule has 0 aliphatic rings. The lowest BCUT2D eigenvalue weighted by Gasteiger charge is -2.17. The average Bonchev–Trinajstić information content (AvgIpc) is 2.77. The summed E-state index contributed by atoms with van der Waals surface area (Å²) in [5, 5.41) is 18.6. The Kier molecular flexibility index (Phi) is 8.24. The fraction of sp³-hybridized carbons (Fsp3) is 0.259. The second-order valence-corrected chi connectivity index (χ2v) is 10.7. The number of pyridine rings is 1. The third-order valence-electron chi connectivity index (χ3n) is 5.39. The summed E-state index contributed by atoms with van der Waals surface area (Å²) in [6.07, 6.45) is -2.82. The predicted octanol–water partition coefficient (Wildman–Crippen LogP) is 5.40. The molecule has 2 unspecified atom stereocenters. The van der Waals surface area contributed by atoms with E-state index in [1.165, 1.54) is 12.1 Å². The van der Waals surface area contributed by atoms with Crippen molar-refractivity contribution in [2.75, 3.05) is 6.16 Å². The lowest BCUT2D eigenvalue weighted by molar-refractivity contribution is -0.138. The Hall–Kier alpha value is -3.30. The standard InChI is InChI=1S/C27H27FNO5P/c1-17(2)27-23(12-13-35(33,34)16-21(30)14-26(31)32)24(19-8-10-20(28)11-9-19)15-25(29-27)22-7-5-4-6-18(22)3/h4-11,15,17,21,30H,14,16H2,1-3H3,(H,31,32)(H,33,34). The Bertz CT molecular complexity index is 1340. The molecule has 3 aromatic rings. The van der Waals surface area contributed by atoms with Crippen LogP contribution >= 0.6 is 7.37 Å². The van der Waals surface area contributed by atoms with E-state index < -0.39 is 37.8 Å². The molecule has 1 heterocycles. The number of aromatic nitrogens is 1. The molecule has 0 amide bonds. The number of aliphatic hydroxyl groups is 1. The van der Waals surface area contributed by atoms with Crippen molar-refractivity contribution < 1.29 is 28.9 Å². The molecule has 1 aromatic heterocycles. The second-order valence-electron chi connectivity index (χ2n) is 8.66. The number of aliphatic hydroxyl groups excluding tert-OH is 1. The molecule has 3 rings (SSSR count). The highest BCUT2D eigenvalue weighted by Gasteiger charge is 2.23. The number of benzene rings is 2. The minimum atomic E-state index is -4.18. The summed E-state index contributed by atoms with van der Waals surface area (Å²) in [6, 6.07) is 15.5. The highest BCUT2D eigenvalue weighted by Crippen LogP contribution is 2.41. The highest BCUT2D eigenvalue weighted by molar-refractivity contribution is 7.63. The quantitative estimate of drug-likeness (QED) is 0.299. The molecule has 0 saturated heterocycles. The zero-order chi connectivity index (χ0) is 25.8. The summed E-state index contributed by atoms with van der Waals surface area (Å²) in [7, 11) is -4.18. The Balaban J connectivity index is 2.21. The fourth-order valence-corrected chi connectivity index (χ4v) is 4.79. The fourth-order valence-electron chi connectivity index (χ4n) is 3.71. The van der Waals surface area contributed by atoms with E-state index in [0.717, 1.165) is 11.1 Å². The molecule has 3 N–H and O–H groups in total. The first-order valence-corrected chi connectivity index (χ1v) is 12.9. The number of halogens is 1. The third kappa shape index (κ3) is 6.86. The van der Waals surface area contributed by atoms with E-state index in [2.05, 4.69) is 11.6 Å². The molecular formula is C27H27FNO5P. The summed E-state index contributed by atoms with van der Waals surface area (Å²) < 4.78 is 26.3. The molecule has 0 fully saturated rings. The van der Waals surface area contributed by atoms with Crippen molar-refractivity contribution in [1.82, 2.24) is 4.98 Å². The van der Waals surface area contributed by atoms with Crippen LogP contribution in [0.1, 0.15) is 43.0 Å². The smallest absolute Gasteiger partial charge is 0.305 e. The summed E-state index contributed by atoms with van der Waals surface area (Å²) in [4.78, 5) is 25.9. The third-order valence-corrected chi connectivity index (χ3v) is 6.77. The van der Waals surface area contributed by atoms with Crippen LogP contribution in [0.25, 0.3) is 22.4 Å². The Morgan fingerprint density at radius 3 is 2.37 bits per heavy atom. The van der Waals surface area contributed by atoms with Crippen LogP contribution in [0.2, 0.25) is 0 Å². The molecule has 0 saturated carbocycles. The minimum absolute atomic E-state index is 0.0989. The van der Waals surface area contributed by atoms with Gasteiger partial charge < -0.3 is 15.1 Å². The number of carboxylic acid groups (broad SMARTS) is 1. The lowest BCUT2D eigenvalue weighted by atomic mass is 9.92. The number of aryl methyl sites for hydroxylation is 1. The van der Waals surface area contributed by atoms with Gasteiger partial charge in [0, 0.05) is 11.1 Å². The van der Waals surface area contributed by atoms with Crippen LogP contribution < -0.4 is 0 Å². The number of aliphatic carboxylic acids is 1. The van der Waals surface area contributed by atoms with Gasteiger partial charge in [0.25, 0.3) is 7.37 Å². The van der Waals surface area contributed by atoms with Gasteiger partial charge in [0.2, 0.25) is 0 Å². The molecule has 0 radical (unpaired) electrons. The molecule has 6 nitrogen and oxygen atoms in total. The molecule has 0 bridgehead atoms. The lowest BCUT2D eigenvalue weighted by Crippen LogP contribution is -2.17. The molecular weight excluding hydrogens is 468 g/mol. The van der Waals surface area contributed by atoms with Crippen LogP contribution in [0.15, 0.2) is 54.6 Å². The van der Waals surface area contributed by atoms with Gasteiger partial charge >= 0.3 is 5.97 Å². The molecule has 182 valence electrons. The van der Waals surface area contributed by atoms with Gasteiger partial charge in [-0.05, 0) is 47.8 Å². The van der Waals surface area contributed by atoms with E-state index in [9.17, 15) is 23.7 Å². The molecule has 2 aromatic carbocycles. The van der Waals surface area contributed by atoms with Crippen LogP contribution in [0.3, 0.4) is 0 Å². The summed E-state index contributed by atoms with van der Waals surface area (Å²) >= 11 is 0. The van der Waals surface area contributed by atoms with Gasteiger partial charge in [0.1, 0.15) is 5.82 Å².